The summed E-state index contributed by atoms with van der Waals surface area (Å²) < 4.78 is 66.2. The van der Waals surface area contributed by atoms with Crippen LogP contribution in [0.1, 0.15) is 81.6 Å². The van der Waals surface area contributed by atoms with Crippen LogP contribution in [0, 0.1) is 32.4 Å². The normalized spacial score (nSPS) is 14.1. The van der Waals surface area contributed by atoms with E-state index in [1.807, 2.05) is 60.6 Å². The summed E-state index contributed by atoms with van der Waals surface area (Å²) in [5, 5.41) is 22.6. The largest absolute Gasteiger partial charge is 0.496 e. The summed E-state index contributed by atoms with van der Waals surface area (Å²) in [7, 11) is 12.8. The molecule has 2 aromatic carbocycles. The summed E-state index contributed by atoms with van der Waals surface area (Å²) in [4.78, 5) is 17.6. The number of aromatic nitrogens is 10. The van der Waals surface area contributed by atoms with Crippen LogP contribution in [0.3, 0.4) is 0 Å². The summed E-state index contributed by atoms with van der Waals surface area (Å²) in [6.07, 6.45) is 9.71. The van der Waals surface area contributed by atoms with Gasteiger partial charge in [0.05, 0.1) is 43.1 Å². The molecule has 6 aromatic heterocycles. The number of ether oxygens (including phenoxy) is 4. The van der Waals surface area contributed by atoms with Crippen LogP contribution in [-0.2, 0) is 35.2 Å². The zero-order valence-corrected chi connectivity index (χ0v) is 44.0. The molecule has 18 nitrogen and oxygen atoms in total. The van der Waals surface area contributed by atoms with Gasteiger partial charge >= 0.3 is 7.12 Å². The van der Waals surface area contributed by atoms with Crippen LogP contribution in [0.2, 0.25) is 0 Å². The van der Waals surface area contributed by atoms with E-state index in [9.17, 15) is 8.78 Å². The molecule has 393 valence electrons. The van der Waals surface area contributed by atoms with Gasteiger partial charge in [0, 0.05) is 124 Å². The Hall–Kier alpha value is -6.84. The van der Waals surface area contributed by atoms with Crippen LogP contribution < -0.4 is 35.0 Å². The minimum absolute atomic E-state index is 0. The molecule has 1 saturated heterocycles. The number of pyridine rings is 2. The van der Waals surface area contributed by atoms with E-state index >= 15 is 0 Å². The van der Waals surface area contributed by atoms with Crippen molar-refractivity contribution in [1.82, 2.24) is 49.1 Å². The Morgan fingerprint density at radius 3 is 1.74 bits per heavy atom. The molecule has 76 heavy (non-hydrogen) atoms. The van der Waals surface area contributed by atoms with E-state index in [0.717, 1.165) is 74.0 Å². The van der Waals surface area contributed by atoms with Crippen molar-refractivity contribution in [2.45, 2.75) is 100 Å². The number of nitrogens with one attached hydrogen (secondary N) is 2. The monoisotopic (exact) mass is 1100 g/mol. The predicted molar refractivity (Wildman–Crippen MR) is 296 cm³/mol. The van der Waals surface area contributed by atoms with Crippen LogP contribution in [0.25, 0.3) is 22.4 Å². The van der Waals surface area contributed by atoms with Gasteiger partial charge in [-0.15, -0.1) is 20.4 Å². The SMILES string of the molecule is C.C.COc1cc(C)c(-c2cnc(NCc3c(F)ccc4c3CCO4)n3cnnc23)c(C)n1.COc1cc(C)c(B2OC(C)(C)C(C)(C)O2)cn1.Fc1ccc2c(c1CNc1ncc(Br)c3nncn13)CCO2.[B][B][B]. The molecule has 0 amide bonds. The van der Waals surface area contributed by atoms with Gasteiger partial charge in [-0.05, 0) is 99.8 Å². The van der Waals surface area contributed by atoms with Crippen LogP contribution in [0.4, 0.5) is 20.7 Å². The molecule has 9 heterocycles. The molecule has 0 unspecified atom stereocenters. The third-order valence-corrected chi connectivity index (χ3v) is 13.6. The zero-order chi connectivity index (χ0) is 52.9. The molecule has 0 spiro atoms. The van der Waals surface area contributed by atoms with Crippen molar-refractivity contribution in [3.8, 4) is 34.4 Å². The summed E-state index contributed by atoms with van der Waals surface area (Å²) >= 11 is 3.37. The Balaban J connectivity index is 0.000000185. The molecule has 2 N–H and O–H groups in total. The predicted octanol–water partition coefficient (Wildman–Crippen LogP) is 7.90. The number of anilines is 2. The Kier molecular flexibility index (Phi) is 19.1. The van der Waals surface area contributed by atoms with Gasteiger partial charge in [-0.3, -0.25) is 8.80 Å². The average Bonchev–Trinajstić information content (AvgIpc) is 4.24. The van der Waals surface area contributed by atoms with Gasteiger partial charge in [-0.1, -0.05) is 14.9 Å². The van der Waals surface area contributed by atoms with E-state index in [0.29, 0.717) is 72.3 Å². The third-order valence-electron chi connectivity index (χ3n) is 13.0. The van der Waals surface area contributed by atoms with Crippen molar-refractivity contribution in [2.75, 3.05) is 38.1 Å². The lowest BCUT2D eigenvalue weighted by Gasteiger charge is -2.32. The van der Waals surface area contributed by atoms with Gasteiger partial charge in [0.2, 0.25) is 23.7 Å². The Morgan fingerprint density at radius 1 is 0.724 bits per heavy atom. The van der Waals surface area contributed by atoms with E-state index in [4.69, 9.17) is 28.3 Å². The maximum Gasteiger partial charge on any atom is 0.496 e. The fourth-order valence-electron chi connectivity index (χ4n) is 8.57. The summed E-state index contributed by atoms with van der Waals surface area (Å²) in [6.45, 7) is 15.8. The first kappa shape index (κ1) is 58.4. The second kappa shape index (κ2) is 24.9. The minimum Gasteiger partial charge on any atom is -0.493 e. The number of rotatable bonds is 10. The van der Waals surface area contributed by atoms with E-state index in [1.54, 1.807) is 66.4 Å². The molecule has 0 bridgehead atoms. The lowest BCUT2D eigenvalue weighted by molar-refractivity contribution is 0.00578. The van der Waals surface area contributed by atoms with Gasteiger partial charge in [0.25, 0.3) is 0 Å². The first-order valence-electron chi connectivity index (χ1n) is 23.5. The van der Waals surface area contributed by atoms with Crippen molar-refractivity contribution in [3.63, 3.8) is 0 Å². The Morgan fingerprint density at radius 2 is 1.22 bits per heavy atom. The molecule has 0 saturated carbocycles. The molecule has 3 aliphatic rings. The zero-order valence-electron chi connectivity index (χ0n) is 42.5. The van der Waals surface area contributed by atoms with Crippen molar-refractivity contribution in [1.29, 1.82) is 0 Å². The third kappa shape index (κ3) is 12.2. The molecule has 5 radical (unpaired) electrons. The van der Waals surface area contributed by atoms with E-state index in [2.05, 4.69) is 82.4 Å². The number of halogens is 3. The average molecular weight is 1100 g/mol. The highest BCUT2D eigenvalue weighted by molar-refractivity contribution is 9.10. The van der Waals surface area contributed by atoms with Crippen LogP contribution >= 0.6 is 15.9 Å². The molecule has 25 heteroatoms. The van der Waals surface area contributed by atoms with Crippen molar-refractivity contribution < 1.29 is 37.0 Å². The second-order valence-corrected chi connectivity index (χ2v) is 19.0. The fraction of sp³-hybridized carbons (Fsp3) is 0.373. The second-order valence-electron chi connectivity index (χ2n) is 18.2. The fourth-order valence-corrected chi connectivity index (χ4v) is 8.95. The number of benzene rings is 2. The smallest absolute Gasteiger partial charge is 0.493 e. The summed E-state index contributed by atoms with van der Waals surface area (Å²) in [5.41, 5.74) is 9.22. The van der Waals surface area contributed by atoms with Gasteiger partial charge < -0.3 is 38.9 Å². The van der Waals surface area contributed by atoms with Gasteiger partial charge in [0.15, 0.2) is 11.3 Å². The first-order chi connectivity index (χ1) is 35.5. The van der Waals surface area contributed by atoms with Gasteiger partial charge in [-0.2, -0.15) is 0 Å². The van der Waals surface area contributed by atoms with Crippen LogP contribution in [0.5, 0.6) is 23.3 Å². The molecule has 0 atom stereocenters. The number of hydrogen-bond donors (Lipinski definition) is 2. The molecule has 0 aliphatic carbocycles. The molecule has 8 aromatic rings. The summed E-state index contributed by atoms with van der Waals surface area (Å²) in [5.74, 6) is 3.25. The van der Waals surface area contributed by atoms with E-state index in [1.165, 1.54) is 12.1 Å². The Bertz CT molecular complexity index is 3280. The van der Waals surface area contributed by atoms with Gasteiger partial charge in [-0.25, -0.2) is 28.7 Å². The first-order valence-corrected chi connectivity index (χ1v) is 24.3. The van der Waals surface area contributed by atoms with Crippen LogP contribution in [0.15, 0.2) is 72.1 Å². The Labute approximate surface area is 454 Å². The molecule has 1 fully saturated rings. The van der Waals surface area contributed by atoms with E-state index < -0.39 is 0 Å². The number of hydrogen-bond acceptors (Lipinski definition) is 16. The number of aryl methyl sites for hydroxylation is 3. The lowest BCUT2D eigenvalue weighted by atomic mass is 9.40. The number of methoxy groups -OCH3 is 2. The molecule has 3 aliphatic heterocycles. The highest BCUT2D eigenvalue weighted by atomic mass is 79.9. The quantitative estimate of drug-likeness (QED) is 0.126. The highest BCUT2D eigenvalue weighted by Crippen LogP contribution is 2.37. The number of nitrogens with zero attached hydrogens (tertiary/aromatic N) is 10. The topological polar surface area (TPSA) is 191 Å². The molecular weight excluding hydrogens is 1040 g/mol. The van der Waals surface area contributed by atoms with Crippen molar-refractivity contribution in [2.24, 2.45) is 0 Å². The van der Waals surface area contributed by atoms with E-state index in [-0.39, 0.29) is 51.4 Å². The van der Waals surface area contributed by atoms with Crippen molar-refractivity contribution >= 4 is 74.2 Å². The lowest BCUT2D eigenvalue weighted by Crippen LogP contribution is -2.41. The van der Waals surface area contributed by atoms with Gasteiger partial charge in [0.1, 0.15) is 35.8 Å². The van der Waals surface area contributed by atoms with Crippen molar-refractivity contribution in [3.05, 3.63) is 123 Å². The minimum atomic E-state index is -0.367. The standard InChI is InChI=1S/C22H21FN6O2.C14H11BrFN5O.C13H20BNO3.2CH4.B3/c1-12-8-19(30-3)27-13(2)20(12)16-10-25-22(29-11-26-28-21(16)29)24-9-15-14-6-7-31-18(14)5-4-17(15)23;15-10-6-18-14(21-7-19-20-13(10)21)17-5-9-8-3-4-22-12(8)2-1-11(9)16;1-9-7-11(16-6)15-8-10(9)14-17-12(2,3)13(4,5)18-14;;;1-3-2/h4-5,8,10-11H,6-7,9H2,1-3H3,(H,24,25);1-2,6-7H,3-5H2,(H,17,18);7-8H,1-6H3;2*1H4;. The van der Waals surface area contributed by atoms with Crippen LogP contribution in [-0.4, -0.2) is 117 Å². The highest BCUT2D eigenvalue weighted by Gasteiger charge is 2.52. The molecule has 11 rings (SSSR count). The maximum absolute atomic E-state index is 14.5. The summed E-state index contributed by atoms with van der Waals surface area (Å²) in [6, 6.07) is 10.00. The molecular formula is C51H60B4BrF2N12O6. The maximum atomic E-state index is 14.5. The number of fused-ring (bicyclic) bond motifs is 4.